The van der Waals surface area contributed by atoms with Gasteiger partial charge in [-0.1, -0.05) is 45.0 Å². The summed E-state index contributed by atoms with van der Waals surface area (Å²) in [5.41, 5.74) is 8.55. The summed E-state index contributed by atoms with van der Waals surface area (Å²) in [6, 6.07) is 16.4. The highest BCUT2D eigenvalue weighted by Crippen LogP contribution is 2.26. The van der Waals surface area contributed by atoms with Gasteiger partial charge in [0.25, 0.3) is 0 Å². The van der Waals surface area contributed by atoms with Gasteiger partial charge in [0.05, 0.1) is 18.5 Å². The molecule has 0 spiro atoms. The SMILES string of the molecule is COc1ccc(-c2csc(NN=C(C)c3ccc(C(C)(C)C)cc3)n2)cc1. The molecule has 3 aromatic rings. The van der Waals surface area contributed by atoms with Crippen LogP contribution in [0.5, 0.6) is 5.75 Å². The normalized spacial score (nSPS) is 12.1. The number of rotatable bonds is 5. The second-order valence-electron chi connectivity index (χ2n) is 7.40. The first kappa shape index (κ1) is 19.1. The predicted octanol–water partition coefficient (Wildman–Crippen LogP) is 5.95. The first-order valence-electron chi connectivity index (χ1n) is 8.88. The maximum Gasteiger partial charge on any atom is 0.203 e. The molecular weight excluding hydrogens is 354 g/mol. The van der Waals surface area contributed by atoms with Gasteiger partial charge in [0.15, 0.2) is 0 Å². The molecule has 0 radical (unpaired) electrons. The third-order valence-electron chi connectivity index (χ3n) is 4.38. The number of nitrogens with zero attached hydrogens (tertiary/aromatic N) is 2. The van der Waals surface area contributed by atoms with Crippen LogP contribution in [0, 0.1) is 0 Å². The maximum atomic E-state index is 5.20. The Bertz CT molecular complexity index is 919. The highest BCUT2D eigenvalue weighted by Gasteiger charge is 2.13. The number of hydrazone groups is 1. The van der Waals surface area contributed by atoms with Crippen LogP contribution in [0.2, 0.25) is 0 Å². The molecule has 0 amide bonds. The van der Waals surface area contributed by atoms with E-state index in [2.05, 4.69) is 60.5 Å². The molecule has 2 aromatic carbocycles. The summed E-state index contributed by atoms with van der Waals surface area (Å²) in [6.45, 7) is 8.64. The smallest absolute Gasteiger partial charge is 0.203 e. The average molecular weight is 380 g/mol. The van der Waals surface area contributed by atoms with Crippen LogP contribution in [-0.2, 0) is 5.41 Å². The van der Waals surface area contributed by atoms with Gasteiger partial charge in [-0.2, -0.15) is 5.10 Å². The summed E-state index contributed by atoms with van der Waals surface area (Å²) in [5.74, 6) is 0.838. The van der Waals surface area contributed by atoms with E-state index < -0.39 is 0 Å². The van der Waals surface area contributed by atoms with Gasteiger partial charge in [0, 0.05) is 10.9 Å². The van der Waals surface area contributed by atoms with Gasteiger partial charge in [-0.05, 0) is 47.7 Å². The Balaban J connectivity index is 1.69. The van der Waals surface area contributed by atoms with Gasteiger partial charge in [-0.15, -0.1) is 11.3 Å². The number of aromatic nitrogens is 1. The lowest BCUT2D eigenvalue weighted by molar-refractivity contribution is 0.415. The Kier molecular flexibility index (Phi) is 5.61. The van der Waals surface area contributed by atoms with E-state index in [1.807, 2.05) is 36.6 Å². The zero-order valence-corrected chi connectivity index (χ0v) is 17.2. The number of hydrogen-bond acceptors (Lipinski definition) is 5. The molecular formula is C22H25N3OS. The maximum absolute atomic E-state index is 5.20. The molecule has 0 aliphatic rings. The first-order chi connectivity index (χ1) is 12.9. The molecule has 140 valence electrons. The van der Waals surface area contributed by atoms with Crippen LogP contribution >= 0.6 is 11.3 Å². The molecule has 3 rings (SSSR count). The number of ether oxygens (including phenoxy) is 1. The zero-order valence-electron chi connectivity index (χ0n) is 16.4. The molecule has 0 saturated carbocycles. The van der Waals surface area contributed by atoms with Crippen LogP contribution in [-0.4, -0.2) is 17.8 Å². The minimum absolute atomic E-state index is 0.153. The summed E-state index contributed by atoms with van der Waals surface area (Å²) in [7, 11) is 1.66. The molecule has 5 heteroatoms. The lowest BCUT2D eigenvalue weighted by atomic mass is 9.86. The summed E-state index contributed by atoms with van der Waals surface area (Å²) in [6.07, 6.45) is 0. The van der Waals surface area contributed by atoms with Gasteiger partial charge in [0.1, 0.15) is 5.75 Å². The van der Waals surface area contributed by atoms with Crippen molar-refractivity contribution < 1.29 is 4.74 Å². The van der Waals surface area contributed by atoms with Gasteiger partial charge in [-0.3, -0.25) is 5.43 Å². The molecule has 0 aliphatic carbocycles. The second-order valence-corrected chi connectivity index (χ2v) is 8.26. The van der Waals surface area contributed by atoms with Crippen molar-refractivity contribution >= 4 is 22.2 Å². The number of hydrogen-bond donors (Lipinski definition) is 1. The minimum atomic E-state index is 0.153. The number of methoxy groups -OCH3 is 1. The third kappa shape index (κ3) is 4.74. The van der Waals surface area contributed by atoms with Crippen molar-refractivity contribution in [2.75, 3.05) is 12.5 Å². The molecule has 1 N–H and O–H groups in total. The van der Waals surface area contributed by atoms with Crippen molar-refractivity contribution in [2.24, 2.45) is 5.10 Å². The van der Waals surface area contributed by atoms with E-state index in [0.29, 0.717) is 0 Å². The molecule has 0 saturated heterocycles. The molecule has 0 atom stereocenters. The van der Waals surface area contributed by atoms with E-state index in [9.17, 15) is 0 Å². The lowest BCUT2D eigenvalue weighted by Crippen LogP contribution is -2.11. The average Bonchev–Trinajstić information content (AvgIpc) is 3.14. The molecule has 1 heterocycles. The van der Waals surface area contributed by atoms with Crippen LogP contribution < -0.4 is 10.2 Å². The van der Waals surface area contributed by atoms with Crippen LogP contribution in [0.1, 0.15) is 38.8 Å². The highest BCUT2D eigenvalue weighted by molar-refractivity contribution is 7.14. The number of anilines is 1. The molecule has 0 unspecified atom stereocenters. The quantitative estimate of drug-likeness (QED) is 0.440. The highest BCUT2D eigenvalue weighted by atomic mass is 32.1. The van der Waals surface area contributed by atoms with Crippen molar-refractivity contribution in [3.8, 4) is 17.0 Å². The lowest BCUT2D eigenvalue weighted by Gasteiger charge is -2.19. The monoisotopic (exact) mass is 379 g/mol. The van der Waals surface area contributed by atoms with Gasteiger partial charge >= 0.3 is 0 Å². The topological polar surface area (TPSA) is 46.5 Å². The van der Waals surface area contributed by atoms with Crippen LogP contribution in [0.4, 0.5) is 5.13 Å². The third-order valence-corrected chi connectivity index (χ3v) is 5.12. The molecule has 0 bridgehead atoms. The molecule has 1 aromatic heterocycles. The summed E-state index contributed by atoms with van der Waals surface area (Å²) in [4.78, 5) is 4.61. The van der Waals surface area contributed by atoms with Crippen LogP contribution in [0.15, 0.2) is 59.0 Å². The standard InChI is InChI=1S/C22H25N3OS/c1-15(16-6-10-18(11-7-16)22(2,3)4)24-25-21-23-20(14-27-21)17-8-12-19(26-5)13-9-17/h6-14H,1-5H3,(H,23,25). The van der Waals surface area contributed by atoms with Crippen molar-refractivity contribution in [1.82, 2.24) is 4.98 Å². The fourth-order valence-corrected chi connectivity index (χ4v) is 3.29. The van der Waals surface area contributed by atoms with Crippen molar-refractivity contribution in [1.29, 1.82) is 0 Å². The van der Waals surface area contributed by atoms with Gasteiger partial charge in [-0.25, -0.2) is 4.98 Å². The fourth-order valence-electron chi connectivity index (χ4n) is 2.63. The Hall–Kier alpha value is -2.66. The fraction of sp³-hybridized carbons (Fsp3) is 0.273. The van der Waals surface area contributed by atoms with E-state index in [1.165, 1.54) is 16.9 Å². The summed E-state index contributed by atoms with van der Waals surface area (Å²) >= 11 is 1.54. The number of benzene rings is 2. The van der Waals surface area contributed by atoms with Gasteiger partial charge < -0.3 is 4.74 Å². The van der Waals surface area contributed by atoms with E-state index in [1.54, 1.807) is 7.11 Å². The second kappa shape index (κ2) is 7.92. The largest absolute Gasteiger partial charge is 0.497 e. The van der Waals surface area contributed by atoms with E-state index >= 15 is 0 Å². The molecule has 4 nitrogen and oxygen atoms in total. The Morgan fingerprint density at radius 3 is 2.30 bits per heavy atom. The number of nitrogens with one attached hydrogen (secondary N) is 1. The molecule has 27 heavy (non-hydrogen) atoms. The summed E-state index contributed by atoms with van der Waals surface area (Å²) < 4.78 is 5.20. The van der Waals surface area contributed by atoms with Crippen molar-refractivity contribution in [3.63, 3.8) is 0 Å². The van der Waals surface area contributed by atoms with E-state index in [0.717, 1.165) is 33.4 Å². The van der Waals surface area contributed by atoms with Gasteiger partial charge in [0.2, 0.25) is 5.13 Å². The first-order valence-corrected chi connectivity index (χ1v) is 9.76. The molecule has 0 fully saturated rings. The predicted molar refractivity (Wildman–Crippen MR) is 115 cm³/mol. The zero-order chi connectivity index (χ0) is 19.4. The molecule has 0 aliphatic heterocycles. The van der Waals surface area contributed by atoms with E-state index in [-0.39, 0.29) is 5.41 Å². The summed E-state index contributed by atoms with van der Waals surface area (Å²) in [5, 5.41) is 7.28. The Morgan fingerprint density at radius 2 is 1.70 bits per heavy atom. The Labute approximate surface area is 164 Å². The van der Waals surface area contributed by atoms with Crippen LogP contribution in [0.3, 0.4) is 0 Å². The Morgan fingerprint density at radius 1 is 1.04 bits per heavy atom. The number of thiazole rings is 1. The van der Waals surface area contributed by atoms with E-state index in [4.69, 9.17) is 4.74 Å². The van der Waals surface area contributed by atoms with Crippen molar-refractivity contribution in [2.45, 2.75) is 33.1 Å². The van der Waals surface area contributed by atoms with Crippen molar-refractivity contribution in [3.05, 3.63) is 65.0 Å². The minimum Gasteiger partial charge on any atom is -0.497 e. The van der Waals surface area contributed by atoms with Crippen LogP contribution in [0.25, 0.3) is 11.3 Å².